The summed E-state index contributed by atoms with van der Waals surface area (Å²) in [5.74, 6) is 5.26. The molecule has 0 aliphatic rings. The van der Waals surface area contributed by atoms with Crippen LogP contribution in [-0.4, -0.2) is 25.0 Å². The first-order chi connectivity index (χ1) is 12.2. The molecule has 5 heteroatoms. The standard InChI is InChI=1S/C20H13N3O2/c24-20(25)17-7-3-5-15(19(17)22-12-1-2-13-22)9-10-16-6-4-8-18-21-11-14-23(16)18/h1-8,11-14H,(H,24,25). The van der Waals surface area contributed by atoms with Gasteiger partial charge in [0.05, 0.1) is 16.9 Å². The minimum atomic E-state index is -0.982. The molecule has 0 radical (unpaired) electrons. The number of imidazole rings is 1. The van der Waals surface area contributed by atoms with Crippen molar-refractivity contribution in [2.45, 2.75) is 0 Å². The van der Waals surface area contributed by atoms with E-state index in [9.17, 15) is 9.90 Å². The number of para-hydroxylation sites is 1. The summed E-state index contributed by atoms with van der Waals surface area (Å²) in [4.78, 5) is 15.9. The number of carbonyl (C=O) groups is 1. The van der Waals surface area contributed by atoms with Crippen LogP contribution < -0.4 is 0 Å². The number of nitrogens with zero attached hydrogens (tertiary/aromatic N) is 3. The molecule has 0 saturated carbocycles. The molecule has 0 fully saturated rings. The number of hydrogen-bond acceptors (Lipinski definition) is 2. The average Bonchev–Trinajstić information content (AvgIpc) is 3.30. The molecule has 3 heterocycles. The van der Waals surface area contributed by atoms with Crippen molar-refractivity contribution in [3.63, 3.8) is 0 Å². The molecule has 3 aromatic heterocycles. The fourth-order valence-electron chi connectivity index (χ4n) is 2.76. The van der Waals surface area contributed by atoms with Gasteiger partial charge in [-0.3, -0.25) is 4.40 Å². The molecule has 0 atom stereocenters. The van der Waals surface area contributed by atoms with Crippen LogP contribution in [0.3, 0.4) is 0 Å². The Morgan fingerprint density at radius 1 is 0.960 bits per heavy atom. The molecule has 4 aromatic rings. The molecule has 4 rings (SSSR count). The van der Waals surface area contributed by atoms with Gasteiger partial charge in [0.15, 0.2) is 0 Å². The number of hydrogen-bond donors (Lipinski definition) is 1. The number of carboxylic acids is 1. The van der Waals surface area contributed by atoms with E-state index in [-0.39, 0.29) is 5.56 Å². The summed E-state index contributed by atoms with van der Waals surface area (Å²) in [5, 5.41) is 9.51. The molecule has 0 bridgehead atoms. The van der Waals surface area contributed by atoms with Crippen molar-refractivity contribution in [1.29, 1.82) is 0 Å². The molecule has 120 valence electrons. The van der Waals surface area contributed by atoms with E-state index in [4.69, 9.17) is 0 Å². The summed E-state index contributed by atoms with van der Waals surface area (Å²) < 4.78 is 3.66. The number of aromatic nitrogens is 3. The van der Waals surface area contributed by atoms with Crippen LogP contribution >= 0.6 is 0 Å². The fraction of sp³-hybridized carbons (Fsp3) is 0. The monoisotopic (exact) mass is 327 g/mol. The van der Waals surface area contributed by atoms with Gasteiger partial charge in [0, 0.05) is 30.4 Å². The Hall–Kier alpha value is -3.78. The van der Waals surface area contributed by atoms with Gasteiger partial charge in [-0.1, -0.05) is 18.1 Å². The Morgan fingerprint density at radius 3 is 2.56 bits per heavy atom. The van der Waals surface area contributed by atoms with E-state index in [0.717, 1.165) is 11.3 Å². The molecule has 0 spiro atoms. The van der Waals surface area contributed by atoms with Crippen LogP contribution in [0.2, 0.25) is 0 Å². The summed E-state index contributed by atoms with van der Waals surface area (Å²) in [6.45, 7) is 0. The van der Waals surface area contributed by atoms with E-state index in [1.165, 1.54) is 0 Å². The minimum Gasteiger partial charge on any atom is -0.478 e. The van der Waals surface area contributed by atoms with Crippen molar-refractivity contribution in [3.05, 3.63) is 90.1 Å². The van der Waals surface area contributed by atoms with Crippen molar-refractivity contribution in [3.8, 4) is 17.5 Å². The minimum absolute atomic E-state index is 0.212. The lowest BCUT2D eigenvalue weighted by atomic mass is 10.1. The van der Waals surface area contributed by atoms with Crippen molar-refractivity contribution in [2.24, 2.45) is 0 Å². The Morgan fingerprint density at radius 2 is 1.76 bits per heavy atom. The second kappa shape index (κ2) is 6.02. The van der Waals surface area contributed by atoms with Gasteiger partial charge in [0.25, 0.3) is 0 Å². The predicted octanol–water partition coefficient (Wildman–Crippen LogP) is 3.22. The lowest BCUT2D eigenvalue weighted by molar-refractivity contribution is 0.0697. The normalized spacial score (nSPS) is 10.4. The molecular formula is C20H13N3O2. The summed E-state index contributed by atoms with van der Waals surface area (Å²) in [5.41, 5.74) is 3.02. The zero-order valence-electron chi connectivity index (χ0n) is 13.1. The summed E-state index contributed by atoms with van der Waals surface area (Å²) in [7, 11) is 0. The molecule has 0 aliphatic carbocycles. The van der Waals surface area contributed by atoms with E-state index in [0.29, 0.717) is 11.3 Å². The Bertz CT molecular complexity index is 1130. The van der Waals surface area contributed by atoms with Crippen molar-refractivity contribution < 1.29 is 9.90 Å². The van der Waals surface area contributed by atoms with Crippen LogP contribution in [0.25, 0.3) is 11.3 Å². The second-order valence-corrected chi connectivity index (χ2v) is 5.41. The molecule has 25 heavy (non-hydrogen) atoms. The van der Waals surface area contributed by atoms with E-state index >= 15 is 0 Å². The molecule has 1 N–H and O–H groups in total. The van der Waals surface area contributed by atoms with Gasteiger partial charge >= 0.3 is 5.97 Å². The SMILES string of the molecule is O=C(O)c1cccc(C#Cc2cccc3nccn23)c1-n1cccc1. The van der Waals surface area contributed by atoms with Crippen LogP contribution in [0.1, 0.15) is 21.6 Å². The number of rotatable bonds is 2. The zero-order valence-corrected chi connectivity index (χ0v) is 13.1. The van der Waals surface area contributed by atoms with Crippen LogP contribution in [0.5, 0.6) is 0 Å². The quantitative estimate of drug-likeness (QED) is 0.575. The van der Waals surface area contributed by atoms with Crippen LogP contribution in [0.4, 0.5) is 0 Å². The highest BCUT2D eigenvalue weighted by atomic mass is 16.4. The number of pyridine rings is 1. The Kier molecular flexibility index (Phi) is 3.56. The molecule has 5 nitrogen and oxygen atoms in total. The predicted molar refractivity (Wildman–Crippen MR) is 93.9 cm³/mol. The largest absolute Gasteiger partial charge is 0.478 e. The maximum atomic E-state index is 11.6. The van der Waals surface area contributed by atoms with Crippen molar-refractivity contribution in [1.82, 2.24) is 14.0 Å². The number of aromatic carboxylic acids is 1. The fourth-order valence-corrected chi connectivity index (χ4v) is 2.76. The highest BCUT2D eigenvalue weighted by Crippen LogP contribution is 2.20. The number of carboxylic acid groups (broad SMARTS) is 1. The smallest absolute Gasteiger partial charge is 0.337 e. The van der Waals surface area contributed by atoms with Gasteiger partial charge in [-0.15, -0.1) is 0 Å². The first-order valence-corrected chi connectivity index (χ1v) is 7.68. The summed E-state index contributed by atoms with van der Waals surface area (Å²) >= 11 is 0. The molecule has 0 saturated heterocycles. The van der Waals surface area contributed by atoms with Gasteiger partial charge in [-0.05, 0) is 42.3 Å². The zero-order chi connectivity index (χ0) is 17.2. The van der Waals surface area contributed by atoms with Gasteiger partial charge in [-0.25, -0.2) is 9.78 Å². The van der Waals surface area contributed by atoms with E-state index in [1.807, 2.05) is 59.4 Å². The molecule has 0 unspecified atom stereocenters. The van der Waals surface area contributed by atoms with Crippen LogP contribution in [0.15, 0.2) is 73.3 Å². The number of benzene rings is 1. The lowest BCUT2D eigenvalue weighted by Gasteiger charge is -2.10. The maximum absolute atomic E-state index is 11.6. The summed E-state index contributed by atoms with van der Waals surface area (Å²) in [6.07, 6.45) is 7.18. The highest BCUT2D eigenvalue weighted by Gasteiger charge is 2.14. The topological polar surface area (TPSA) is 59.5 Å². The summed E-state index contributed by atoms with van der Waals surface area (Å²) in [6, 6.07) is 14.5. The van der Waals surface area contributed by atoms with Crippen molar-refractivity contribution >= 4 is 11.6 Å². The Labute approximate surface area is 143 Å². The lowest BCUT2D eigenvalue weighted by Crippen LogP contribution is -2.06. The highest BCUT2D eigenvalue weighted by molar-refractivity contribution is 5.93. The van der Waals surface area contributed by atoms with Crippen LogP contribution in [0, 0.1) is 11.8 Å². The first kappa shape index (κ1) is 14.8. The molecule has 0 aliphatic heterocycles. The van der Waals surface area contributed by atoms with Gasteiger partial charge in [0.1, 0.15) is 5.65 Å². The Balaban J connectivity index is 1.89. The average molecular weight is 327 g/mol. The first-order valence-electron chi connectivity index (χ1n) is 7.68. The van der Waals surface area contributed by atoms with Gasteiger partial charge in [-0.2, -0.15) is 0 Å². The van der Waals surface area contributed by atoms with Gasteiger partial charge in [0.2, 0.25) is 0 Å². The third-order valence-corrected chi connectivity index (χ3v) is 3.88. The van der Waals surface area contributed by atoms with Gasteiger partial charge < -0.3 is 9.67 Å². The maximum Gasteiger partial charge on any atom is 0.337 e. The van der Waals surface area contributed by atoms with Crippen LogP contribution in [-0.2, 0) is 0 Å². The third-order valence-electron chi connectivity index (χ3n) is 3.88. The molecule has 0 amide bonds. The number of fused-ring (bicyclic) bond motifs is 1. The molecule has 1 aromatic carbocycles. The van der Waals surface area contributed by atoms with E-state index < -0.39 is 5.97 Å². The third kappa shape index (κ3) is 2.66. The van der Waals surface area contributed by atoms with Crippen molar-refractivity contribution in [2.75, 3.05) is 0 Å². The van der Waals surface area contributed by atoms with E-state index in [2.05, 4.69) is 16.8 Å². The molecular weight excluding hydrogens is 314 g/mol. The van der Waals surface area contributed by atoms with E-state index in [1.54, 1.807) is 22.9 Å². The second-order valence-electron chi connectivity index (χ2n) is 5.41.